The first-order valence-corrected chi connectivity index (χ1v) is 11.9. The molecule has 0 fully saturated rings. The summed E-state index contributed by atoms with van der Waals surface area (Å²) in [5.41, 5.74) is 0. The van der Waals surface area contributed by atoms with Gasteiger partial charge in [-0.3, -0.25) is 4.79 Å². The summed E-state index contributed by atoms with van der Waals surface area (Å²) in [6, 6.07) is 7.39. The molecule has 2 rings (SSSR count). The summed E-state index contributed by atoms with van der Waals surface area (Å²) in [6.45, 7) is 15.5. The molecule has 1 aromatic carbocycles. The number of rotatable bonds is 4. The predicted octanol–water partition coefficient (Wildman–Crippen LogP) is 6.64. The van der Waals surface area contributed by atoms with Gasteiger partial charge in [0.25, 0.3) is 0 Å². The molecular formula is C20H36O4S2. The van der Waals surface area contributed by atoms with Crippen molar-refractivity contribution in [1.29, 1.82) is 0 Å². The lowest BCUT2D eigenvalue weighted by molar-refractivity contribution is -0.136. The zero-order chi connectivity index (χ0) is 21.2. The Hall–Kier alpha value is -1.40. The van der Waals surface area contributed by atoms with Gasteiger partial charge >= 0.3 is 5.97 Å². The number of hydrogen-bond acceptors (Lipinski definition) is 4. The second-order valence-electron chi connectivity index (χ2n) is 4.16. The lowest BCUT2D eigenvalue weighted by Crippen LogP contribution is -2.05. The zero-order valence-electron chi connectivity index (χ0n) is 17.5. The fourth-order valence-electron chi connectivity index (χ4n) is 1.59. The van der Waals surface area contributed by atoms with E-state index in [0.29, 0.717) is 11.3 Å². The Morgan fingerprint density at radius 2 is 1.50 bits per heavy atom. The van der Waals surface area contributed by atoms with Gasteiger partial charge in [0, 0.05) is 6.42 Å². The topological polar surface area (TPSA) is 71.4 Å². The molecule has 0 saturated carbocycles. The van der Waals surface area contributed by atoms with Crippen molar-refractivity contribution in [3.05, 3.63) is 29.6 Å². The number of aliphatic carboxylic acids is 1. The minimum atomic E-state index is -3.10. The number of sulfone groups is 1. The van der Waals surface area contributed by atoms with E-state index in [2.05, 4.69) is 0 Å². The molecule has 0 bridgehead atoms. The van der Waals surface area contributed by atoms with Gasteiger partial charge < -0.3 is 5.11 Å². The summed E-state index contributed by atoms with van der Waals surface area (Å²) < 4.78 is 24.8. The maximum absolute atomic E-state index is 12.0. The van der Waals surface area contributed by atoms with E-state index in [-0.39, 0.29) is 12.2 Å². The van der Waals surface area contributed by atoms with Crippen molar-refractivity contribution >= 4 is 37.2 Å². The Bertz CT molecular complexity index is 674. The van der Waals surface area contributed by atoms with Gasteiger partial charge in [0.1, 0.15) is 0 Å². The molecule has 0 unspecified atom stereocenters. The Balaban J connectivity index is -0.000000407. The van der Waals surface area contributed by atoms with Gasteiger partial charge in [-0.15, -0.1) is 11.3 Å². The third kappa shape index (κ3) is 11.3. The van der Waals surface area contributed by atoms with Crippen molar-refractivity contribution in [3.63, 3.8) is 0 Å². The van der Waals surface area contributed by atoms with E-state index in [4.69, 9.17) is 5.11 Å². The van der Waals surface area contributed by atoms with E-state index in [1.807, 2.05) is 66.0 Å². The Kier molecular flexibility index (Phi) is 20.8. The summed E-state index contributed by atoms with van der Waals surface area (Å²) in [5.74, 6) is -0.519. The van der Waals surface area contributed by atoms with Crippen LogP contribution in [0.1, 0.15) is 68.2 Å². The molecule has 6 heteroatoms. The number of thiophene rings is 1. The molecule has 26 heavy (non-hydrogen) atoms. The fourth-order valence-corrected chi connectivity index (χ4v) is 4.37. The second kappa shape index (κ2) is 18.4. The highest BCUT2D eigenvalue weighted by Crippen LogP contribution is 2.28. The van der Waals surface area contributed by atoms with E-state index in [0.717, 1.165) is 10.1 Å². The molecule has 1 heterocycles. The average molecular weight is 405 g/mol. The molecule has 0 saturated heterocycles. The van der Waals surface area contributed by atoms with Crippen molar-refractivity contribution in [2.24, 2.45) is 0 Å². The van der Waals surface area contributed by atoms with Crippen LogP contribution < -0.4 is 0 Å². The normalized spacial score (nSPS) is 9.08. The molecule has 0 atom stereocenters. The number of carbonyl (C=O) groups is 1. The van der Waals surface area contributed by atoms with Gasteiger partial charge in [-0.2, -0.15) is 0 Å². The molecule has 0 aliphatic heterocycles. The van der Waals surface area contributed by atoms with Gasteiger partial charge in [-0.25, -0.2) is 8.42 Å². The predicted molar refractivity (Wildman–Crippen MR) is 116 cm³/mol. The third-order valence-electron chi connectivity index (χ3n) is 2.55. The summed E-state index contributed by atoms with van der Waals surface area (Å²) >= 11 is 1.49. The maximum Gasteiger partial charge on any atom is 0.303 e. The van der Waals surface area contributed by atoms with Crippen molar-refractivity contribution < 1.29 is 18.3 Å². The fraction of sp³-hybridized carbons (Fsp3) is 0.550. The minimum Gasteiger partial charge on any atom is -0.481 e. The van der Waals surface area contributed by atoms with Crippen molar-refractivity contribution in [2.45, 2.75) is 73.1 Å². The van der Waals surface area contributed by atoms with Crippen LogP contribution in [0.15, 0.2) is 34.5 Å². The molecule has 152 valence electrons. The molecule has 1 aromatic heterocycles. The number of hydrogen-bond donors (Lipinski definition) is 1. The summed E-state index contributed by atoms with van der Waals surface area (Å²) in [7, 11) is -3.10. The highest BCUT2D eigenvalue weighted by Gasteiger charge is 2.16. The first kappa shape index (κ1) is 29.4. The molecule has 0 aliphatic carbocycles. The average Bonchev–Trinajstić information content (AvgIpc) is 3.15. The van der Waals surface area contributed by atoms with Crippen LogP contribution in [0, 0.1) is 0 Å². The van der Waals surface area contributed by atoms with Gasteiger partial charge in [-0.05, 0) is 29.3 Å². The smallest absolute Gasteiger partial charge is 0.303 e. The summed E-state index contributed by atoms with van der Waals surface area (Å²) in [5, 5.41) is 10.7. The number of carboxylic acid groups (broad SMARTS) is 1. The lowest BCUT2D eigenvalue weighted by Gasteiger charge is -2.03. The van der Waals surface area contributed by atoms with E-state index in [1.165, 1.54) is 11.3 Å². The minimum absolute atomic E-state index is 0.222. The van der Waals surface area contributed by atoms with Crippen LogP contribution in [0.3, 0.4) is 0 Å². The van der Waals surface area contributed by atoms with Crippen LogP contribution >= 0.6 is 11.3 Å². The number of carboxylic acids is 1. The van der Waals surface area contributed by atoms with E-state index < -0.39 is 15.8 Å². The van der Waals surface area contributed by atoms with Crippen LogP contribution in [0.5, 0.6) is 0 Å². The largest absolute Gasteiger partial charge is 0.481 e. The molecule has 0 spiro atoms. The highest BCUT2D eigenvalue weighted by atomic mass is 32.2. The van der Waals surface area contributed by atoms with Crippen LogP contribution in [-0.2, 0) is 14.6 Å². The van der Waals surface area contributed by atoms with Gasteiger partial charge in [0.15, 0.2) is 9.84 Å². The van der Waals surface area contributed by atoms with E-state index in [9.17, 15) is 13.2 Å². The Morgan fingerprint density at radius 3 is 1.92 bits per heavy atom. The quantitative estimate of drug-likeness (QED) is 0.619. The molecule has 4 nitrogen and oxygen atoms in total. The molecule has 0 radical (unpaired) electrons. The van der Waals surface area contributed by atoms with E-state index >= 15 is 0 Å². The van der Waals surface area contributed by atoms with Crippen LogP contribution in [0.25, 0.3) is 10.1 Å². The second-order valence-corrected chi connectivity index (χ2v) is 7.15. The molecular weight excluding hydrogens is 368 g/mol. The van der Waals surface area contributed by atoms with Crippen LogP contribution in [-0.4, -0.2) is 25.2 Å². The van der Waals surface area contributed by atoms with E-state index in [1.54, 1.807) is 19.1 Å². The van der Waals surface area contributed by atoms with Gasteiger partial charge in [0.05, 0.1) is 15.3 Å². The van der Waals surface area contributed by atoms with Gasteiger partial charge in [0.2, 0.25) is 0 Å². The third-order valence-corrected chi connectivity index (χ3v) is 5.60. The first-order chi connectivity index (χ1) is 12.4. The zero-order valence-corrected chi connectivity index (χ0v) is 19.1. The van der Waals surface area contributed by atoms with Crippen LogP contribution in [0.2, 0.25) is 0 Å². The molecule has 0 amide bonds. The molecule has 0 aliphatic rings. The lowest BCUT2D eigenvalue weighted by atomic mass is 10.3. The molecule has 2 aromatic rings. The van der Waals surface area contributed by atoms with Crippen molar-refractivity contribution in [1.82, 2.24) is 0 Å². The Morgan fingerprint density at radius 1 is 1.00 bits per heavy atom. The molecule has 1 N–H and O–H groups in total. The summed E-state index contributed by atoms with van der Waals surface area (Å²) in [6.07, 6.45) is 0.879. The summed E-state index contributed by atoms with van der Waals surface area (Å²) in [4.78, 5) is 9.85. The Labute approximate surface area is 164 Å². The van der Waals surface area contributed by atoms with Crippen LogP contribution in [0.4, 0.5) is 0 Å². The van der Waals surface area contributed by atoms with Crippen molar-refractivity contribution in [3.8, 4) is 0 Å². The monoisotopic (exact) mass is 404 g/mol. The maximum atomic E-state index is 12.0. The van der Waals surface area contributed by atoms with Gasteiger partial charge in [-0.1, -0.05) is 67.5 Å². The highest BCUT2D eigenvalue weighted by molar-refractivity contribution is 7.91. The SMILES string of the molecule is CC.CC.CC.CCC(=O)O.CCCS(=O)(=O)c1cccc2ccsc12. The van der Waals surface area contributed by atoms with Crippen molar-refractivity contribution in [2.75, 3.05) is 5.75 Å². The number of fused-ring (bicyclic) bond motifs is 1. The number of benzene rings is 1. The first-order valence-electron chi connectivity index (χ1n) is 9.33. The standard InChI is InChI=1S/C11H12O2S2.C3H6O2.3C2H6/c1-2-8-15(12,13)10-5-3-4-9-6-7-14-11(9)10;1-2-3(4)5;3*1-2/h3-7H,2,8H2,1H3;2H2,1H3,(H,4,5);3*1-2H3.